The van der Waals surface area contributed by atoms with Crippen molar-refractivity contribution in [3.63, 3.8) is 0 Å². The average Bonchev–Trinajstić information content (AvgIpc) is 3.03. The predicted molar refractivity (Wildman–Crippen MR) is 80.8 cm³/mol. The maximum absolute atomic E-state index is 12.0. The lowest BCUT2D eigenvalue weighted by Gasteiger charge is -2.32. The molecule has 0 saturated carbocycles. The summed E-state index contributed by atoms with van der Waals surface area (Å²) in [6, 6.07) is 0. The number of amides is 1. The first kappa shape index (κ1) is 16.4. The molecule has 1 atom stereocenters. The highest BCUT2D eigenvalue weighted by Gasteiger charge is 2.29. The molecule has 0 bridgehead atoms. The van der Waals surface area contributed by atoms with Crippen LogP contribution in [0.25, 0.3) is 0 Å². The molecule has 0 spiro atoms. The van der Waals surface area contributed by atoms with Gasteiger partial charge in [0, 0.05) is 46.3 Å². The maximum Gasteiger partial charge on any atom is 0.252 e. The molecule has 0 radical (unpaired) electrons. The van der Waals surface area contributed by atoms with Crippen molar-refractivity contribution in [3.8, 4) is 0 Å². The smallest absolute Gasteiger partial charge is 0.252 e. The van der Waals surface area contributed by atoms with Crippen LogP contribution in [0.2, 0.25) is 0 Å². The number of rotatable bonds is 4. The van der Waals surface area contributed by atoms with Crippen LogP contribution in [-0.4, -0.2) is 79.0 Å². The maximum atomic E-state index is 12.0. The SMILES string of the molecule is CN(C)C(=O)C1CN(Cc2noc(C3CCOCC3)n2)CCO1. The second kappa shape index (κ2) is 7.37. The number of ether oxygens (including phenoxy) is 2. The lowest BCUT2D eigenvalue weighted by molar-refractivity contribution is -0.147. The molecule has 1 aromatic rings. The first-order chi connectivity index (χ1) is 11.1. The molecule has 2 aliphatic heterocycles. The molecule has 1 amide bonds. The van der Waals surface area contributed by atoms with Crippen molar-refractivity contribution in [1.29, 1.82) is 0 Å². The van der Waals surface area contributed by atoms with Gasteiger partial charge in [-0.15, -0.1) is 0 Å². The zero-order valence-electron chi connectivity index (χ0n) is 13.7. The number of likely N-dealkylation sites (N-methyl/N-ethyl adjacent to an activating group) is 1. The molecule has 128 valence electrons. The Morgan fingerprint density at radius 2 is 2.09 bits per heavy atom. The normalized spacial score (nSPS) is 23.8. The minimum atomic E-state index is -0.416. The van der Waals surface area contributed by atoms with Gasteiger partial charge in [-0.25, -0.2) is 0 Å². The van der Waals surface area contributed by atoms with Gasteiger partial charge in [-0.05, 0) is 12.8 Å². The van der Waals surface area contributed by atoms with E-state index in [0.29, 0.717) is 37.3 Å². The third kappa shape index (κ3) is 4.07. The number of morpholine rings is 1. The van der Waals surface area contributed by atoms with Crippen molar-refractivity contribution in [2.45, 2.75) is 31.4 Å². The van der Waals surface area contributed by atoms with Crippen molar-refractivity contribution >= 4 is 5.91 Å². The van der Waals surface area contributed by atoms with E-state index < -0.39 is 6.10 Å². The fraction of sp³-hybridized carbons (Fsp3) is 0.800. The minimum Gasteiger partial charge on any atom is -0.381 e. The second-order valence-corrected chi connectivity index (χ2v) is 6.26. The Balaban J connectivity index is 1.56. The molecule has 8 nitrogen and oxygen atoms in total. The van der Waals surface area contributed by atoms with Gasteiger partial charge in [0.15, 0.2) is 5.82 Å². The monoisotopic (exact) mass is 324 g/mol. The first-order valence-electron chi connectivity index (χ1n) is 8.09. The molecule has 0 aliphatic carbocycles. The van der Waals surface area contributed by atoms with E-state index in [1.54, 1.807) is 19.0 Å². The van der Waals surface area contributed by atoms with Crippen molar-refractivity contribution < 1.29 is 18.8 Å². The Hall–Kier alpha value is -1.51. The van der Waals surface area contributed by atoms with Crippen molar-refractivity contribution in [3.05, 3.63) is 11.7 Å². The lowest BCUT2D eigenvalue weighted by Crippen LogP contribution is -2.49. The molecule has 0 aromatic carbocycles. The Labute approximate surface area is 135 Å². The number of carbonyl (C=O) groups excluding carboxylic acids is 1. The van der Waals surface area contributed by atoms with Crippen LogP contribution in [0.3, 0.4) is 0 Å². The summed E-state index contributed by atoms with van der Waals surface area (Å²) in [5.74, 6) is 1.67. The molecular weight excluding hydrogens is 300 g/mol. The van der Waals surface area contributed by atoms with Crippen LogP contribution in [-0.2, 0) is 20.8 Å². The van der Waals surface area contributed by atoms with Gasteiger partial charge < -0.3 is 18.9 Å². The highest BCUT2D eigenvalue weighted by atomic mass is 16.5. The van der Waals surface area contributed by atoms with Crippen LogP contribution < -0.4 is 0 Å². The van der Waals surface area contributed by atoms with Crippen molar-refractivity contribution in [2.75, 3.05) is 47.0 Å². The first-order valence-corrected chi connectivity index (χ1v) is 8.09. The molecule has 23 heavy (non-hydrogen) atoms. The standard InChI is InChI=1S/C15H24N4O4/c1-18(2)15(20)12-9-19(5-8-22-12)10-13-16-14(23-17-13)11-3-6-21-7-4-11/h11-12H,3-10H2,1-2H3. The van der Waals surface area contributed by atoms with Gasteiger partial charge in [0.25, 0.3) is 5.91 Å². The predicted octanol–water partition coefficient (Wildman–Crippen LogP) is 0.253. The summed E-state index contributed by atoms with van der Waals surface area (Å²) in [7, 11) is 3.48. The molecule has 0 N–H and O–H groups in total. The van der Waals surface area contributed by atoms with Gasteiger partial charge in [-0.2, -0.15) is 4.98 Å². The van der Waals surface area contributed by atoms with E-state index in [9.17, 15) is 4.79 Å². The summed E-state index contributed by atoms with van der Waals surface area (Å²) >= 11 is 0. The van der Waals surface area contributed by atoms with Crippen molar-refractivity contribution in [1.82, 2.24) is 19.9 Å². The number of hydrogen-bond acceptors (Lipinski definition) is 7. The van der Waals surface area contributed by atoms with Gasteiger partial charge in [0.1, 0.15) is 6.10 Å². The van der Waals surface area contributed by atoms with E-state index in [-0.39, 0.29) is 5.91 Å². The van der Waals surface area contributed by atoms with Gasteiger partial charge in [-0.1, -0.05) is 5.16 Å². The third-order valence-electron chi connectivity index (χ3n) is 4.29. The Kier molecular flexibility index (Phi) is 5.24. The van der Waals surface area contributed by atoms with Crippen molar-refractivity contribution in [2.24, 2.45) is 0 Å². The fourth-order valence-corrected chi connectivity index (χ4v) is 2.93. The second-order valence-electron chi connectivity index (χ2n) is 6.26. The average molecular weight is 324 g/mol. The van der Waals surface area contributed by atoms with Gasteiger partial charge in [0.2, 0.25) is 5.89 Å². The summed E-state index contributed by atoms with van der Waals surface area (Å²) < 4.78 is 16.3. The largest absolute Gasteiger partial charge is 0.381 e. The molecule has 2 fully saturated rings. The molecule has 8 heteroatoms. The Morgan fingerprint density at radius 3 is 2.83 bits per heavy atom. The zero-order chi connectivity index (χ0) is 16.2. The van der Waals surface area contributed by atoms with Crippen LogP contribution in [0.4, 0.5) is 0 Å². The summed E-state index contributed by atoms with van der Waals surface area (Å²) in [6.45, 7) is 3.93. The molecule has 1 unspecified atom stereocenters. The molecule has 1 aromatic heterocycles. The van der Waals surface area contributed by atoms with Crippen LogP contribution in [0, 0.1) is 0 Å². The lowest BCUT2D eigenvalue weighted by atomic mass is 10.0. The number of hydrogen-bond donors (Lipinski definition) is 0. The van der Waals surface area contributed by atoms with Crippen LogP contribution >= 0.6 is 0 Å². The molecule has 2 aliphatic rings. The Bertz CT molecular complexity index is 527. The quantitative estimate of drug-likeness (QED) is 0.785. The zero-order valence-corrected chi connectivity index (χ0v) is 13.7. The highest BCUT2D eigenvalue weighted by Crippen LogP contribution is 2.25. The number of nitrogens with zero attached hydrogens (tertiary/aromatic N) is 4. The molecule has 3 heterocycles. The number of aromatic nitrogens is 2. The molecule has 3 rings (SSSR count). The van der Waals surface area contributed by atoms with Gasteiger partial charge in [-0.3, -0.25) is 9.69 Å². The van der Waals surface area contributed by atoms with E-state index in [1.807, 2.05) is 0 Å². The van der Waals surface area contributed by atoms with Crippen LogP contribution in [0.15, 0.2) is 4.52 Å². The van der Waals surface area contributed by atoms with Crippen LogP contribution in [0.5, 0.6) is 0 Å². The third-order valence-corrected chi connectivity index (χ3v) is 4.29. The minimum absolute atomic E-state index is 0.00860. The van der Waals surface area contributed by atoms with E-state index in [2.05, 4.69) is 15.0 Å². The van der Waals surface area contributed by atoms with Gasteiger partial charge >= 0.3 is 0 Å². The van der Waals surface area contributed by atoms with E-state index >= 15 is 0 Å². The van der Waals surface area contributed by atoms with E-state index in [4.69, 9.17) is 14.0 Å². The Morgan fingerprint density at radius 1 is 1.30 bits per heavy atom. The van der Waals surface area contributed by atoms with E-state index in [1.165, 1.54) is 0 Å². The fourth-order valence-electron chi connectivity index (χ4n) is 2.93. The topological polar surface area (TPSA) is 80.9 Å². The summed E-state index contributed by atoms with van der Waals surface area (Å²) in [4.78, 5) is 20.2. The van der Waals surface area contributed by atoms with Crippen LogP contribution in [0.1, 0.15) is 30.5 Å². The highest BCUT2D eigenvalue weighted by molar-refractivity contribution is 5.80. The summed E-state index contributed by atoms with van der Waals surface area (Å²) in [5, 5.41) is 4.09. The molecular formula is C15H24N4O4. The summed E-state index contributed by atoms with van der Waals surface area (Å²) in [6.07, 6.45) is 1.44. The molecule has 2 saturated heterocycles. The van der Waals surface area contributed by atoms with Gasteiger partial charge in [0.05, 0.1) is 13.2 Å². The van der Waals surface area contributed by atoms with E-state index in [0.717, 1.165) is 32.6 Å². The number of carbonyl (C=O) groups is 1. The summed E-state index contributed by atoms with van der Waals surface area (Å²) in [5.41, 5.74) is 0.